The highest BCUT2D eigenvalue weighted by Gasteiger charge is 2.29. The molecule has 4 rings (SSSR count). The second kappa shape index (κ2) is 7.82. The predicted molar refractivity (Wildman–Crippen MR) is 104 cm³/mol. The third kappa shape index (κ3) is 3.49. The SMILES string of the molecule is O=C(N[C@H](CO)c1ccc(F)cc1)OCC1c2ccccc2-c2ccccc21. The molecule has 3 aromatic rings. The largest absolute Gasteiger partial charge is 0.449 e. The number of aliphatic hydroxyl groups is 1. The van der Waals surface area contributed by atoms with Crippen molar-refractivity contribution in [1.82, 2.24) is 5.32 Å². The van der Waals surface area contributed by atoms with Crippen LogP contribution in [0.2, 0.25) is 0 Å². The van der Waals surface area contributed by atoms with Crippen molar-refractivity contribution in [2.75, 3.05) is 13.2 Å². The lowest BCUT2D eigenvalue weighted by atomic mass is 9.98. The average Bonchev–Trinajstić information content (AvgIpc) is 3.05. The Balaban J connectivity index is 1.45. The number of aliphatic hydroxyl groups excluding tert-OH is 1. The van der Waals surface area contributed by atoms with E-state index in [9.17, 15) is 14.3 Å². The molecule has 1 amide bonds. The summed E-state index contributed by atoms with van der Waals surface area (Å²) in [6, 6.07) is 21.2. The number of amides is 1. The zero-order valence-corrected chi connectivity index (χ0v) is 15.1. The van der Waals surface area contributed by atoms with E-state index in [1.165, 1.54) is 24.3 Å². The van der Waals surface area contributed by atoms with E-state index < -0.39 is 12.1 Å². The maximum absolute atomic E-state index is 13.1. The summed E-state index contributed by atoms with van der Waals surface area (Å²) in [4.78, 5) is 12.3. The fourth-order valence-corrected chi connectivity index (χ4v) is 3.71. The third-order valence-electron chi connectivity index (χ3n) is 5.09. The minimum absolute atomic E-state index is 0.0310. The molecule has 1 atom stereocenters. The standard InChI is InChI=1S/C23H20FNO3/c24-16-11-9-15(10-12-16)22(13-26)25-23(27)28-14-21-19-7-3-1-5-17(19)18-6-2-4-8-20(18)21/h1-12,21-22,26H,13-14H2,(H,25,27)/t22-/m1/s1. The van der Waals surface area contributed by atoms with Crippen LogP contribution in [0.15, 0.2) is 72.8 Å². The van der Waals surface area contributed by atoms with Crippen LogP contribution >= 0.6 is 0 Å². The molecule has 0 bridgehead atoms. The normalized spacial score (nSPS) is 13.5. The Hall–Kier alpha value is -3.18. The van der Waals surface area contributed by atoms with Gasteiger partial charge in [0.2, 0.25) is 0 Å². The van der Waals surface area contributed by atoms with Gasteiger partial charge in [-0.3, -0.25) is 0 Å². The van der Waals surface area contributed by atoms with Crippen LogP contribution in [0.1, 0.15) is 28.7 Å². The number of hydrogen-bond donors (Lipinski definition) is 2. The molecule has 2 N–H and O–H groups in total. The number of alkyl carbamates (subject to hydrolysis) is 1. The first-order chi connectivity index (χ1) is 13.7. The molecule has 1 aliphatic carbocycles. The lowest BCUT2D eigenvalue weighted by molar-refractivity contribution is 0.132. The molecule has 0 radical (unpaired) electrons. The van der Waals surface area contributed by atoms with Gasteiger partial charge in [0, 0.05) is 5.92 Å². The molecule has 28 heavy (non-hydrogen) atoms. The highest BCUT2D eigenvalue weighted by Crippen LogP contribution is 2.44. The van der Waals surface area contributed by atoms with Crippen LogP contribution in [0.4, 0.5) is 9.18 Å². The third-order valence-corrected chi connectivity index (χ3v) is 5.09. The number of carbonyl (C=O) groups is 1. The molecule has 1 aliphatic rings. The van der Waals surface area contributed by atoms with Gasteiger partial charge in [-0.1, -0.05) is 60.7 Å². The molecule has 0 unspecified atom stereocenters. The van der Waals surface area contributed by atoms with Crippen LogP contribution in [0.25, 0.3) is 11.1 Å². The van der Waals surface area contributed by atoms with Crippen LogP contribution in [0, 0.1) is 5.82 Å². The number of benzene rings is 3. The Morgan fingerprint density at radius 2 is 1.54 bits per heavy atom. The molecule has 0 saturated heterocycles. The number of fused-ring (bicyclic) bond motifs is 3. The predicted octanol–water partition coefficient (Wildman–Crippen LogP) is 4.40. The molecular weight excluding hydrogens is 357 g/mol. The van der Waals surface area contributed by atoms with Crippen molar-refractivity contribution < 1.29 is 19.0 Å². The summed E-state index contributed by atoms with van der Waals surface area (Å²) in [5.74, 6) is -0.405. The zero-order valence-electron chi connectivity index (χ0n) is 15.1. The fraction of sp³-hybridized carbons (Fsp3) is 0.174. The second-order valence-corrected chi connectivity index (χ2v) is 6.76. The van der Waals surface area contributed by atoms with Gasteiger partial charge in [0.25, 0.3) is 0 Å². The van der Waals surface area contributed by atoms with E-state index in [0.29, 0.717) is 5.56 Å². The van der Waals surface area contributed by atoms with E-state index >= 15 is 0 Å². The van der Waals surface area contributed by atoms with Crippen LogP contribution in [-0.2, 0) is 4.74 Å². The molecule has 0 aromatic heterocycles. The molecule has 0 spiro atoms. The van der Waals surface area contributed by atoms with Crippen molar-refractivity contribution in [3.05, 3.63) is 95.3 Å². The van der Waals surface area contributed by atoms with Crippen molar-refractivity contribution in [2.24, 2.45) is 0 Å². The first-order valence-electron chi connectivity index (χ1n) is 9.15. The van der Waals surface area contributed by atoms with Gasteiger partial charge in [-0.15, -0.1) is 0 Å². The summed E-state index contributed by atoms with van der Waals surface area (Å²) >= 11 is 0. The van der Waals surface area contributed by atoms with Crippen LogP contribution in [0.5, 0.6) is 0 Å². The summed E-state index contributed by atoms with van der Waals surface area (Å²) in [6.07, 6.45) is -0.620. The number of rotatable bonds is 5. The Bertz CT molecular complexity index is 942. The number of carbonyl (C=O) groups excluding carboxylic acids is 1. The lowest BCUT2D eigenvalue weighted by Gasteiger charge is -2.19. The number of halogens is 1. The van der Waals surface area contributed by atoms with Gasteiger partial charge in [0.1, 0.15) is 12.4 Å². The summed E-state index contributed by atoms with van der Waals surface area (Å²) in [5.41, 5.74) is 5.19. The van der Waals surface area contributed by atoms with Crippen molar-refractivity contribution in [1.29, 1.82) is 0 Å². The van der Waals surface area contributed by atoms with Crippen molar-refractivity contribution in [3.63, 3.8) is 0 Å². The Kier molecular flexibility index (Phi) is 5.08. The zero-order chi connectivity index (χ0) is 19.5. The van der Waals surface area contributed by atoms with Crippen LogP contribution < -0.4 is 5.32 Å². The monoisotopic (exact) mass is 377 g/mol. The van der Waals surface area contributed by atoms with Gasteiger partial charge in [0.15, 0.2) is 0 Å². The van der Waals surface area contributed by atoms with Crippen molar-refractivity contribution in [2.45, 2.75) is 12.0 Å². The van der Waals surface area contributed by atoms with Crippen LogP contribution in [0.3, 0.4) is 0 Å². The molecular formula is C23H20FNO3. The summed E-state index contributed by atoms with van der Waals surface area (Å²) in [7, 11) is 0. The summed E-state index contributed by atoms with van der Waals surface area (Å²) in [5, 5.41) is 12.2. The van der Waals surface area contributed by atoms with E-state index in [0.717, 1.165) is 22.3 Å². The minimum atomic E-state index is -0.656. The Morgan fingerprint density at radius 3 is 2.11 bits per heavy atom. The van der Waals surface area contributed by atoms with Crippen molar-refractivity contribution in [3.8, 4) is 11.1 Å². The molecule has 4 nitrogen and oxygen atoms in total. The van der Waals surface area contributed by atoms with E-state index in [1.54, 1.807) is 0 Å². The molecule has 0 saturated carbocycles. The quantitative estimate of drug-likeness (QED) is 0.693. The van der Waals surface area contributed by atoms with Gasteiger partial charge >= 0.3 is 6.09 Å². The lowest BCUT2D eigenvalue weighted by Crippen LogP contribution is -2.32. The fourth-order valence-electron chi connectivity index (χ4n) is 3.71. The van der Waals surface area contributed by atoms with E-state index in [1.807, 2.05) is 24.3 Å². The Morgan fingerprint density at radius 1 is 0.964 bits per heavy atom. The highest BCUT2D eigenvalue weighted by atomic mass is 19.1. The van der Waals surface area contributed by atoms with Crippen molar-refractivity contribution >= 4 is 6.09 Å². The molecule has 142 valence electrons. The summed E-state index contributed by atoms with van der Waals surface area (Å²) < 4.78 is 18.6. The van der Waals surface area contributed by atoms with Gasteiger partial charge in [-0.05, 0) is 39.9 Å². The first-order valence-corrected chi connectivity index (χ1v) is 9.15. The molecule has 0 aliphatic heterocycles. The summed E-state index contributed by atoms with van der Waals surface area (Å²) in [6.45, 7) is -0.114. The number of hydrogen-bond acceptors (Lipinski definition) is 3. The maximum Gasteiger partial charge on any atom is 0.407 e. The number of ether oxygens (including phenoxy) is 1. The van der Waals surface area contributed by atoms with Gasteiger partial charge in [0.05, 0.1) is 12.6 Å². The first kappa shape index (κ1) is 18.2. The van der Waals surface area contributed by atoms with Crippen LogP contribution in [-0.4, -0.2) is 24.4 Å². The smallest absolute Gasteiger partial charge is 0.407 e. The van der Waals surface area contributed by atoms with Gasteiger partial charge in [-0.25, -0.2) is 9.18 Å². The number of nitrogens with one attached hydrogen (secondary N) is 1. The van der Waals surface area contributed by atoms with E-state index in [4.69, 9.17) is 4.74 Å². The molecule has 0 fully saturated rings. The highest BCUT2D eigenvalue weighted by molar-refractivity contribution is 5.79. The Labute approximate surface area is 162 Å². The van der Waals surface area contributed by atoms with Gasteiger partial charge < -0.3 is 15.2 Å². The molecule has 5 heteroatoms. The second-order valence-electron chi connectivity index (χ2n) is 6.76. The molecule has 3 aromatic carbocycles. The van der Waals surface area contributed by atoms with Gasteiger partial charge in [-0.2, -0.15) is 0 Å². The maximum atomic E-state index is 13.1. The minimum Gasteiger partial charge on any atom is -0.449 e. The average molecular weight is 377 g/mol. The van der Waals surface area contributed by atoms with E-state index in [-0.39, 0.29) is 24.9 Å². The topological polar surface area (TPSA) is 58.6 Å². The van der Waals surface area contributed by atoms with E-state index in [2.05, 4.69) is 29.6 Å². The molecule has 0 heterocycles.